The molecule has 44 N–H and O–H groups in total. The maximum atomic E-state index is 14.1. The number of nitrogens with two attached hydrogens (primary N) is 10. The Balaban J connectivity index is 0.000000308. The maximum Gasteiger partial charge on any atom is 0.294 e. The molecule has 43 atom stereocenters. The lowest BCUT2D eigenvalue weighted by molar-refractivity contribution is -0.308. The molecule has 0 radical (unpaired) electrons. The molecule has 51 heteroatoms. The molecule has 2 aliphatic carbocycles. The summed E-state index contributed by atoms with van der Waals surface area (Å²) in [6.07, 6.45) is -57.1. The second kappa shape index (κ2) is 42.6. The molecule has 111 heavy (non-hydrogen) atoms. The van der Waals surface area contributed by atoms with Crippen molar-refractivity contribution < 1.29 is 182 Å². The lowest BCUT2D eigenvalue weighted by Crippen LogP contribution is -2.69. The number of ether oxygens (including phenoxy) is 12. The van der Waals surface area contributed by atoms with E-state index in [1.807, 2.05) is 0 Å². The van der Waals surface area contributed by atoms with Crippen LogP contribution in [0.15, 0.2) is 0 Å². The molecule has 2 saturated carbocycles. The predicted octanol–water partition coefficient (Wildman–Crippen LogP) is -21.9. The molecule has 0 aromatic rings. The van der Waals surface area contributed by atoms with Crippen LogP contribution in [0.4, 0.5) is 13.2 Å². The standard InChI is InChI=1S/C30H57F2N7O17.C30H58FN7O17/c31-30(32,7-34)25(49)26(50)39-10-1-9(35)22(54-28-15(37)20(47)18(45)12(52-28)4-38-3-8(42)5-40)24(16(10)43)56-29-21(48)23(13(6-41)53-29)55-27-14(36)19(46)17(44)11(2-33)51-27;31-9(2-32)17(42)27(49)38-11-1-10(34)24(53-29-16(36)22(47)20(45)13(51-29)5-37-4-8(41)6-39)26(18(11)43)55-30-23(48)25(14(7-40)52-30)54-28-15(35)21(46)19(44)12(3-33)50-28/h8-25,27-29,38,40-49H,1-7,33-37H2,(H,39,50);8-26,28-30,37,39-48H,1-7,32-36H2,(H,38,49)/t8?,9-,10+,11-,12+,13+,14+,15+,16-,17+,18+,19+,20+,21+,22+,23+,24+,25?,27+,28+,29-;8?,9-,10+,11-,12+,13-,14-,15-,16-,17+,18+,19-,20-,21-,22-,23-,24-,25-,26-,28-,29-,30+/m01/s1. The van der Waals surface area contributed by atoms with E-state index < -0.39 is 327 Å². The average molecular weight is 1630 g/mol. The maximum absolute atomic E-state index is 14.1. The molecule has 8 fully saturated rings. The van der Waals surface area contributed by atoms with Gasteiger partial charge in [0, 0.05) is 57.9 Å². The van der Waals surface area contributed by atoms with Gasteiger partial charge in [-0.25, -0.2) is 13.2 Å². The Hall–Kier alpha value is -3.03. The molecule has 0 bridgehead atoms. The smallest absolute Gasteiger partial charge is 0.294 e. The minimum atomic E-state index is -4.06. The molecule has 8 aliphatic rings. The number of alkyl halides is 3. The van der Waals surface area contributed by atoms with Crippen LogP contribution in [0, 0.1) is 0 Å². The van der Waals surface area contributed by atoms with E-state index in [1.54, 1.807) is 0 Å². The third-order valence-corrected chi connectivity index (χ3v) is 20.5. The Bertz CT molecular complexity index is 2800. The minimum absolute atomic E-state index is 0.110. The molecule has 3 unspecified atom stereocenters. The topological polar surface area (TPSA) is 858 Å². The summed E-state index contributed by atoms with van der Waals surface area (Å²) in [4.78, 5) is 25.4. The first kappa shape index (κ1) is 95.1. The number of nitrogens with one attached hydrogen (secondary N) is 4. The fourth-order valence-corrected chi connectivity index (χ4v) is 13.7. The molecule has 0 spiro atoms. The lowest BCUT2D eigenvalue weighted by atomic mass is 9.83. The molecule has 0 aromatic heterocycles. The number of amides is 2. The van der Waals surface area contributed by atoms with E-state index in [0.29, 0.717) is 0 Å². The first-order valence-corrected chi connectivity index (χ1v) is 35.9. The molecular weight excluding hydrogens is 1520 g/mol. The van der Waals surface area contributed by atoms with Crippen molar-refractivity contribution in [2.24, 2.45) is 57.3 Å². The SMILES string of the molecule is NC[C@@H](F)[C@H](O)C(=O)N[C@@H]1C[C@H](N)[C@@H](O[C@H]2O[C@H](CNCC(O)CO)[C@@H](O)[C@H](O)[C@H]2N)[C@H](O[C@@H]2O[C@H](CO)[C@@H](O[C@H]3O[C@@H](CN)[C@@H](O)[C@H](O)[C@H]3N)[C@H]2O)[C@H]1O.NC[C@@H]1O[C@H](O[C@H]2[C@@H](O)[C@H](O[C@@H]3[C@@H](O)[C@H](NC(=O)C(O)C(F)(F)CN)C[C@H](N)[C@H]3O[C@H]3O[C@H](CNCC(O)CO)[C@@H](O)[C@H](O)[C@H]3N)O[C@@H]2CO)[C@H](N)[C@@H](O)[C@@H]1O. The Morgan fingerprint density at radius 2 is 0.721 bits per heavy atom. The van der Waals surface area contributed by atoms with Gasteiger partial charge in [-0.1, -0.05) is 0 Å². The first-order chi connectivity index (χ1) is 52.3. The lowest BCUT2D eigenvalue weighted by Gasteiger charge is -2.48. The summed E-state index contributed by atoms with van der Waals surface area (Å²) in [5.74, 6) is -6.95. The van der Waals surface area contributed by atoms with Crippen molar-refractivity contribution in [1.29, 1.82) is 0 Å². The van der Waals surface area contributed by atoms with E-state index in [9.17, 15) is 115 Å². The highest BCUT2D eigenvalue weighted by atomic mass is 19.3. The van der Waals surface area contributed by atoms with Crippen molar-refractivity contribution in [1.82, 2.24) is 21.3 Å². The molecule has 0 aromatic carbocycles. The highest BCUT2D eigenvalue weighted by Gasteiger charge is 2.59. The summed E-state index contributed by atoms with van der Waals surface area (Å²) in [6.45, 7) is -5.94. The van der Waals surface area contributed by atoms with E-state index in [4.69, 9.17) is 124 Å². The summed E-state index contributed by atoms with van der Waals surface area (Å²) in [6, 6.07) is -11.1. The molecule has 48 nitrogen and oxygen atoms in total. The van der Waals surface area contributed by atoms with Crippen molar-refractivity contribution in [3.05, 3.63) is 0 Å². The van der Waals surface area contributed by atoms with Crippen LogP contribution < -0.4 is 78.6 Å². The minimum Gasteiger partial charge on any atom is -0.394 e. The molecule has 6 saturated heterocycles. The molecule has 650 valence electrons. The molecule has 6 aliphatic heterocycles. The summed E-state index contributed by atoms with van der Waals surface area (Å²) in [5.41, 5.74) is 58.7. The van der Waals surface area contributed by atoms with Crippen molar-refractivity contribution >= 4 is 11.8 Å². The van der Waals surface area contributed by atoms with Gasteiger partial charge in [0.25, 0.3) is 17.7 Å². The Labute approximate surface area is 631 Å². The molecule has 8 rings (SSSR count). The van der Waals surface area contributed by atoms with Gasteiger partial charge >= 0.3 is 0 Å². The van der Waals surface area contributed by atoms with Gasteiger partial charge in [-0.2, -0.15) is 0 Å². The largest absolute Gasteiger partial charge is 0.394 e. The number of hydrogen-bond acceptors (Lipinski definition) is 46. The van der Waals surface area contributed by atoms with E-state index in [2.05, 4.69) is 21.3 Å². The van der Waals surface area contributed by atoms with Crippen LogP contribution in [-0.4, -0.2) is 462 Å². The third-order valence-electron chi connectivity index (χ3n) is 20.5. The van der Waals surface area contributed by atoms with Crippen molar-refractivity contribution in [3.63, 3.8) is 0 Å². The summed E-state index contributed by atoms with van der Waals surface area (Å²) in [7, 11) is 0. The van der Waals surface area contributed by atoms with Crippen molar-refractivity contribution in [3.8, 4) is 0 Å². The monoisotopic (exact) mass is 1630 g/mol. The number of carbonyl (C=O) groups is 2. The van der Waals surface area contributed by atoms with Gasteiger partial charge in [0.15, 0.2) is 49.9 Å². The summed E-state index contributed by atoms with van der Waals surface area (Å²) in [5, 5.41) is 218. The Morgan fingerprint density at radius 3 is 1.04 bits per heavy atom. The van der Waals surface area contributed by atoms with Crippen LogP contribution in [0.25, 0.3) is 0 Å². The van der Waals surface area contributed by atoms with E-state index in [1.165, 1.54) is 0 Å². The fraction of sp³-hybridized carbons (Fsp3) is 0.967. The van der Waals surface area contributed by atoms with Gasteiger partial charge in [0.1, 0.15) is 153 Å². The number of rotatable bonds is 34. The summed E-state index contributed by atoms with van der Waals surface area (Å²) < 4.78 is 112. The van der Waals surface area contributed by atoms with Crippen molar-refractivity contribution in [2.45, 2.75) is 282 Å². The quantitative estimate of drug-likeness (QED) is 0.0284. The highest BCUT2D eigenvalue weighted by molar-refractivity contribution is 5.82. The van der Waals surface area contributed by atoms with Gasteiger partial charge in [0.05, 0.1) is 81.4 Å². The zero-order chi connectivity index (χ0) is 82.7. The average Bonchev–Trinajstić information content (AvgIpc) is 1.76. The van der Waals surface area contributed by atoms with Crippen LogP contribution in [0.1, 0.15) is 12.8 Å². The van der Waals surface area contributed by atoms with Gasteiger partial charge in [-0.3, -0.25) is 9.59 Å². The van der Waals surface area contributed by atoms with Gasteiger partial charge < -0.3 is 238 Å². The van der Waals surface area contributed by atoms with Crippen LogP contribution in [-0.2, 0) is 66.4 Å². The van der Waals surface area contributed by atoms with Gasteiger partial charge in [-0.15, -0.1) is 0 Å². The second-order valence-corrected chi connectivity index (χ2v) is 28.5. The predicted molar refractivity (Wildman–Crippen MR) is 358 cm³/mol. The zero-order valence-corrected chi connectivity index (χ0v) is 59.8. The molecule has 2 amide bonds. The molecule has 6 heterocycles. The normalized spacial score (nSPS) is 45.1. The van der Waals surface area contributed by atoms with Gasteiger partial charge in [0.2, 0.25) is 0 Å². The fourth-order valence-electron chi connectivity index (χ4n) is 13.7. The van der Waals surface area contributed by atoms with Crippen LogP contribution in [0.3, 0.4) is 0 Å². The number of carbonyl (C=O) groups excluding carboxylic acids is 2. The van der Waals surface area contributed by atoms with E-state index >= 15 is 0 Å². The third kappa shape index (κ3) is 22.7. The Kier molecular flexibility index (Phi) is 36.5. The molecular formula is C60H115F3N14O34. The number of halogens is 3. The number of aliphatic hydroxyl groups excluding tert-OH is 20. The highest BCUT2D eigenvalue weighted by Crippen LogP contribution is 2.38. The zero-order valence-electron chi connectivity index (χ0n) is 59.8. The van der Waals surface area contributed by atoms with Crippen LogP contribution in [0.2, 0.25) is 0 Å². The summed E-state index contributed by atoms with van der Waals surface area (Å²) >= 11 is 0. The number of aliphatic hydroxyl groups is 20. The van der Waals surface area contributed by atoms with Crippen LogP contribution >= 0.6 is 0 Å². The van der Waals surface area contributed by atoms with Gasteiger partial charge in [-0.05, 0) is 12.8 Å². The Morgan fingerprint density at radius 1 is 0.414 bits per heavy atom. The van der Waals surface area contributed by atoms with Crippen LogP contribution in [0.5, 0.6) is 0 Å². The van der Waals surface area contributed by atoms with E-state index in [0.717, 1.165) is 0 Å². The van der Waals surface area contributed by atoms with E-state index in [-0.39, 0.29) is 45.7 Å². The second-order valence-electron chi connectivity index (χ2n) is 28.5. The number of hydrogen-bond donors (Lipinski definition) is 34. The van der Waals surface area contributed by atoms with Crippen molar-refractivity contribution in [2.75, 3.05) is 78.8 Å². The first-order valence-electron chi connectivity index (χ1n) is 35.9.